The maximum Gasteiger partial charge on any atom is 0.0934 e. The van der Waals surface area contributed by atoms with Gasteiger partial charge in [0.2, 0.25) is 0 Å². The average molecular weight is 399 g/mol. The monoisotopic (exact) mass is 398 g/mol. The fraction of sp³-hybridized carbons (Fsp3) is 0.786. The summed E-state index contributed by atoms with van der Waals surface area (Å²) in [6, 6.07) is 8.84. The maximum absolute atomic E-state index is 12.5. The molecule has 162 valence electrons. The fourth-order valence-electron chi connectivity index (χ4n) is 7.15. The largest absolute Gasteiger partial charge is 0.251 e. The third-order valence-corrected chi connectivity index (χ3v) is 9.22. The molecule has 0 N–H and O–H groups in total. The first-order valence-electron chi connectivity index (χ1n) is 12.9. The first-order chi connectivity index (χ1) is 14.3. The molecule has 1 heteroatoms. The summed E-state index contributed by atoms with van der Waals surface area (Å²) in [5.41, 5.74) is 2.64. The zero-order valence-electron chi connectivity index (χ0n) is 18.8. The summed E-state index contributed by atoms with van der Waals surface area (Å²) in [7, 11) is 0. The van der Waals surface area contributed by atoms with E-state index in [9.17, 15) is 4.39 Å². The Hall–Kier alpha value is -0.850. The van der Waals surface area contributed by atoms with Crippen LogP contribution in [0, 0.1) is 29.6 Å². The van der Waals surface area contributed by atoms with Gasteiger partial charge >= 0.3 is 0 Å². The number of benzene rings is 1. The standard InChI is InChI=1S/C28H43F/c1-2-21-3-7-23(8-4-21)25-11-15-27(16-12-25)28-17-13-26(14-18-28)24-9-5-22(6-10-24)19-20-29/h5-6,9-10,21,23,25-28H,2-4,7-8,11-20H2,1H3. The molecule has 4 rings (SSSR count). The minimum absolute atomic E-state index is 0.243. The van der Waals surface area contributed by atoms with E-state index < -0.39 is 0 Å². The van der Waals surface area contributed by atoms with Gasteiger partial charge in [0.15, 0.2) is 0 Å². The van der Waals surface area contributed by atoms with Gasteiger partial charge in [0, 0.05) is 6.42 Å². The second kappa shape index (κ2) is 10.5. The highest BCUT2D eigenvalue weighted by Gasteiger charge is 2.34. The van der Waals surface area contributed by atoms with Crippen molar-refractivity contribution in [2.45, 2.75) is 103 Å². The maximum atomic E-state index is 12.5. The summed E-state index contributed by atoms with van der Waals surface area (Å²) in [6.07, 6.45) is 19.8. The van der Waals surface area contributed by atoms with Gasteiger partial charge in [-0.2, -0.15) is 0 Å². The van der Waals surface area contributed by atoms with Crippen LogP contribution >= 0.6 is 0 Å². The fourth-order valence-corrected chi connectivity index (χ4v) is 7.15. The highest BCUT2D eigenvalue weighted by atomic mass is 19.1. The first kappa shape index (κ1) is 21.4. The summed E-state index contributed by atoms with van der Waals surface area (Å²) in [5.74, 6) is 5.92. The van der Waals surface area contributed by atoms with Crippen molar-refractivity contribution in [2.75, 3.05) is 6.67 Å². The molecule has 3 fully saturated rings. The predicted octanol–water partition coefficient (Wildman–Crippen LogP) is 8.50. The summed E-state index contributed by atoms with van der Waals surface area (Å²) < 4.78 is 12.5. The minimum Gasteiger partial charge on any atom is -0.251 e. The molecule has 0 atom stereocenters. The van der Waals surface area contributed by atoms with E-state index in [-0.39, 0.29) is 6.67 Å². The predicted molar refractivity (Wildman–Crippen MR) is 122 cm³/mol. The number of aryl methyl sites for hydroxylation is 1. The minimum atomic E-state index is -0.243. The van der Waals surface area contributed by atoms with Crippen LogP contribution in [-0.4, -0.2) is 6.67 Å². The van der Waals surface area contributed by atoms with Crippen LogP contribution in [-0.2, 0) is 6.42 Å². The molecule has 3 aliphatic carbocycles. The molecule has 0 spiro atoms. The van der Waals surface area contributed by atoms with E-state index in [1.54, 1.807) is 0 Å². The van der Waals surface area contributed by atoms with Crippen molar-refractivity contribution in [1.29, 1.82) is 0 Å². The third-order valence-electron chi connectivity index (χ3n) is 9.22. The summed E-state index contributed by atoms with van der Waals surface area (Å²) in [6.45, 7) is 2.14. The summed E-state index contributed by atoms with van der Waals surface area (Å²) in [4.78, 5) is 0. The molecule has 0 nitrogen and oxygen atoms in total. The van der Waals surface area contributed by atoms with Crippen molar-refractivity contribution in [1.82, 2.24) is 0 Å². The second-order valence-electron chi connectivity index (χ2n) is 10.7. The Kier molecular flexibility index (Phi) is 7.71. The Bertz CT molecular complexity index is 581. The SMILES string of the molecule is CCC1CCC(C2CCC(C3CCC(c4ccc(CCF)cc4)CC3)CC2)CC1. The van der Waals surface area contributed by atoms with Gasteiger partial charge in [-0.1, -0.05) is 50.5 Å². The number of rotatable bonds is 6. The van der Waals surface area contributed by atoms with Crippen molar-refractivity contribution in [3.63, 3.8) is 0 Å². The lowest BCUT2D eigenvalue weighted by atomic mass is 9.64. The lowest BCUT2D eigenvalue weighted by Gasteiger charge is -2.41. The molecule has 3 saturated carbocycles. The molecule has 0 amide bonds. The molecule has 0 radical (unpaired) electrons. The molecular weight excluding hydrogens is 355 g/mol. The molecule has 1 aromatic rings. The number of halogens is 1. The molecule has 0 bridgehead atoms. The van der Waals surface area contributed by atoms with Gasteiger partial charge in [-0.05, 0) is 111 Å². The molecule has 29 heavy (non-hydrogen) atoms. The van der Waals surface area contributed by atoms with Crippen molar-refractivity contribution in [3.8, 4) is 0 Å². The molecule has 0 heterocycles. The normalized spacial score (nSPS) is 36.1. The molecule has 1 aromatic carbocycles. The van der Waals surface area contributed by atoms with E-state index in [0.29, 0.717) is 6.42 Å². The molecule has 0 saturated heterocycles. The van der Waals surface area contributed by atoms with E-state index >= 15 is 0 Å². The lowest BCUT2D eigenvalue weighted by Crippen LogP contribution is -2.29. The topological polar surface area (TPSA) is 0 Å². The van der Waals surface area contributed by atoms with Gasteiger partial charge in [0.05, 0.1) is 6.67 Å². The number of alkyl halides is 1. The smallest absolute Gasteiger partial charge is 0.0934 e. The zero-order chi connectivity index (χ0) is 20.1. The zero-order valence-corrected chi connectivity index (χ0v) is 18.8. The van der Waals surface area contributed by atoms with Crippen LogP contribution in [0.2, 0.25) is 0 Å². The summed E-state index contributed by atoms with van der Waals surface area (Å²) >= 11 is 0. The van der Waals surface area contributed by atoms with Crippen LogP contribution in [0.15, 0.2) is 24.3 Å². The lowest BCUT2D eigenvalue weighted by molar-refractivity contribution is 0.109. The highest BCUT2D eigenvalue weighted by Crippen LogP contribution is 2.47. The van der Waals surface area contributed by atoms with Crippen LogP contribution in [0.3, 0.4) is 0 Å². The van der Waals surface area contributed by atoms with Crippen LogP contribution in [0.5, 0.6) is 0 Å². The van der Waals surface area contributed by atoms with E-state index in [0.717, 1.165) is 41.1 Å². The number of hydrogen-bond acceptors (Lipinski definition) is 0. The van der Waals surface area contributed by atoms with Crippen molar-refractivity contribution in [2.24, 2.45) is 29.6 Å². The van der Waals surface area contributed by atoms with Gasteiger partial charge in [-0.25, -0.2) is 0 Å². The Labute approximate surface area is 179 Å². The molecule has 0 unspecified atom stereocenters. The van der Waals surface area contributed by atoms with Gasteiger partial charge in [0.25, 0.3) is 0 Å². The quantitative estimate of drug-likeness (QED) is 0.450. The van der Waals surface area contributed by atoms with Gasteiger partial charge < -0.3 is 0 Å². The summed E-state index contributed by atoms with van der Waals surface area (Å²) in [5, 5.41) is 0. The third kappa shape index (κ3) is 5.45. The van der Waals surface area contributed by atoms with Crippen LogP contribution < -0.4 is 0 Å². The molecule has 0 aliphatic heterocycles. The van der Waals surface area contributed by atoms with Crippen LogP contribution in [0.4, 0.5) is 4.39 Å². The average Bonchev–Trinajstić information content (AvgIpc) is 2.80. The Morgan fingerprint density at radius 1 is 0.655 bits per heavy atom. The van der Waals surface area contributed by atoms with Gasteiger partial charge in [-0.15, -0.1) is 0 Å². The first-order valence-corrected chi connectivity index (χ1v) is 12.9. The van der Waals surface area contributed by atoms with Crippen molar-refractivity contribution < 1.29 is 4.39 Å². The van der Waals surface area contributed by atoms with E-state index in [1.807, 2.05) is 0 Å². The van der Waals surface area contributed by atoms with Gasteiger partial charge in [-0.3, -0.25) is 4.39 Å². The van der Waals surface area contributed by atoms with Crippen LogP contribution in [0.1, 0.15) is 107 Å². The molecule has 0 aromatic heterocycles. The van der Waals surface area contributed by atoms with Crippen molar-refractivity contribution in [3.05, 3.63) is 35.4 Å². The molecule has 3 aliphatic rings. The van der Waals surface area contributed by atoms with E-state index in [1.165, 1.54) is 89.0 Å². The van der Waals surface area contributed by atoms with E-state index in [2.05, 4.69) is 31.2 Å². The number of hydrogen-bond donors (Lipinski definition) is 0. The van der Waals surface area contributed by atoms with Crippen LogP contribution in [0.25, 0.3) is 0 Å². The Morgan fingerprint density at radius 3 is 1.55 bits per heavy atom. The van der Waals surface area contributed by atoms with Crippen molar-refractivity contribution >= 4 is 0 Å². The second-order valence-corrected chi connectivity index (χ2v) is 10.7. The Morgan fingerprint density at radius 2 is 1.10 bits per heavy atom. The highest BCUT2D eigenvalue weighted by molar-refractivity contribution is 5.26. The molecular formula is C28H43F. The van der Waals surface area contributed by atoms with Gasteiger partial charge in [0.1, 0.15) is 0 Å². The Balaban J connectivity index is 1.20. The van der Waals surface area contributed by atoms with E-state index in [4.69, 9.17) is 0 Å².